The van der Waals surface area contributed by atoms with Crippen LogP contribution in [-0.2, 0) is 10.9 Å². The van der Waals surface area contributed by atoms with Gasteiger partial charge in [0.05, 0.1) is 23.1 Å². The van der Waals surface area contributed by atoms with Gasteiger partial charge in [-0.2, -0.15) is 13.2 Å². The number of ether oxygens (including phenoxy) is 1. The largest absolute Gasteiger partial charge is 0.507 e. The lowest BCUT2D eigenvalue weighted by molar-refractivity contribution is -0.430. The maximum Gasteiger partial charge on any atom is 0.416 e. The van der Waals surface area contributed by atoms with Gasteiger partial charge in [0.2, 0.25) is 17.9 Å². The number of aromatic hydroxyl groups is 1. The van der Waals surface area contributed by atoms with Crippen LogP contribution in [0.3, 0.4) is 0 Å². The van der Waals surface area contributed by atoms with Crippen molar-refractivity contribution in [1.29, 1.82) is 0 Å². The summed E-state index contributed by atoms with van der Waals surface area (Å²) in [5, 5.41) is 15.0. The van der Waals surface area contributed by atoms with Crippen LogP contribution in [0, 0.1) is 6.92 Å². The molecule has 4 rings (SSSR count). The second-order valence-corrected chi connectivity index (χ2v) is 6.34. The van der Waals surface area contributed by atoms with Crippen molar-refractivity contribution in [3.8, 4) is 17.0 Å². The maximum absolute atomic E-state index is 13.8. The van der Waals surface area contributed by atoms with Gasteiger partial charge in [-0.05, 0) is 36.8 Å². The molecule has 2 aliphatic heterocycles. The predicted molar refractivity (Wildman–Crippen MR) is 87.3 cm³/mol. The minimum atomic E-state index is -4.56. The zero-order valence-corrected chi connectivity index (χ0v) is 14.1. The van der Waals surface area contributed by atoms with E-state index in [-0.39, 0.29) is 35.5 Å². The number of hydrogen-bond donors (Lipinski definition) is 1. The van der Waals surface area contributed by atoms with Crippen molar-refractivity contribution in [2.24, 2.45) is 5.10 Å². The van der Waals surface area contributed by atoms with Crippen molar-refractivity contribution in [3.63, 3.8) is 0 Å². The van der Waals surface area contributed by atoms with Gasteiger partial charge < -0.3 is 9.84 Å². The van der Waals surface area contributed by atoms with Gasteiger partial charge >= 0.3 is 6.18 Å². The Morgan fingerprint density at radius 1 is 1.26 bits per heavy atom. The number of aryl methyl sites for hydroxylation is 1. The smallest absolute Gasteiger partial charge is 0.416 e. The van der Waals surface area contributed by atoms with E-state index in [0.29, 0.717) is 17.0 Å². The molecular weight excluding hydrogens is 366 g/mol. The molecule has 3 heterocycles. The molecule has 27 heavy (non-hydrogen) atoms. The predicted octanol–water partition coefficient (Wildman–Crippen LogP) is 1.89. The summed E-state index contributed by atoms with van der Waals surface area (Å²) in [7, 11) is 0. The molecule has 0 amide bonds. The first kappa shape index (κ1) is 17.6. The summed E-state index contributed by atoms with van der Waals surface area (Å²) in [6, 6.07) is 4.87. The monoisotopic (exact) mass is 380 g/mol. The first-order chi connectivity index (χ1) is 12.7. The van der Waals surface area contributed by atoms with Crippen LogP contribution in [0.1, 0.15) is 11.1 Å². The summed E-state index contributed by atoms with van der Waals surface area (Å²) in [6.45, 7) is 1.57. The van der Waals surface area contributed by atoms with E-state index in [2.05, 4.69) is 10.1 Å². The summed E-state index contributed by atoms with van der Waals surface area (Å²) in [5.41, 5.74) is 0.427. The Balaban J connectivity index is 1.81. The minimum absolute atomic E-state index is 0.0250. The normalized spacial score (nSPS) is 21.7. The Morgan fingerprint density at radius 2 is 2.04 bits per heavy atom. The quantitative estimate of drug-likeness (QED) is 0.607. The van der Waals surface area contributed by atoms with Crippen LogP contribution >= 0.6 is 0 Å². The fraction of sp³-hybridized carbons (Fsp3) is 0.278. The molecule has 140 valence electrons. The highest BCUT2D eigenvalue weighted by Gasteiger charge is 2.34. The number of phenolic OH excluding ortho intramolecular Hbond substituents is 1. The summed E-state index contributed by atoms with van der Waals surface area (Å²) < 4.78 is 58.9. The van der Waals surface area contributed by atoms with Crippen LogP contribution < -0.4 is 10.7 Å². The third-order valence-corrected chi connectivity index (χ3v) is 4.44. The van der Waals surface area contributed by atoms with Crippen molar-refractivity contribution in [3.05, 3.63) is 46.1 Å². The molecule has 0 bridgehead atoms. The highest BCUT2D eigenvalue weighted by Crippen LogP contribution is 2.38. The number of rotatable bonds is 1. The first-order valence-electron chi connectivity index (χ1n) is 8.09. The van der Waals surface area contributed by atoms with Crippen molar-refractivity contribution in [2.45, 2.75) is 19.3 Å². The topological polar surface area (TPSA) is 57.7 Å². The van der Waals surface area contributed by atoms with Gasteiger partial charge in [-0.15, -0.1) is 0 Å². The molecule has 2 aliphatic rings. The summed E-state index contributed by atoms with van der Waals surface area (Å²) >= 11 is 0. The van der Waals surface area contributed by atoms with Gasteiger partial charge in [0, 0.05) is 10.7 Å². The van der Waals surface area contributed by atoms with E-state index in [1.54, 1.807) is 18.3 Å². The molecule has 1 aromatic carbocycles. The van der Waals surface area contributed by atoms with Gasteiger partial charge in [-0.25, -0.2) is 9.37 Å². The van der Waals surface area contributed by atoms with Crippen molar-refractivity contribution >= 4 is 11.9 Å². The Kier molecular flexibility index (Phi) is 3.99. The molecule has 9 heteroatoms. The standard InChI is InChI=1S/C18H13F4N3O2/c1-9-4-11(18(20,21)22)5-15(26)16(9)13-3-2-10-6-25(24-17(10)23-13)14-8-27-7-12(14)19/h2-6,12H,7-8H2,1H3/p+1/b25-14+/t12-/m0/s1. The Morgan fingerprint density at radius 3 is 2.67 bits per heavy atom. The van der Waals surface area contributed by atoms with Gasteiger partial charge in [0.15, 0.2) is 0 Å². The number of pyridine rings is 1. The van der Waals surface area contributed by atoms with Crippen molar-refractivity contribution in [2.75, 3.05) is 13.2 Å². The van der Waals surface area contributed by atoms with E-state index >= 15 is 0 Å². The van der Waals surface area contributed by atoms with Gasteiger partial charge in [-0.1, -0.05) is 4.68 Å². The lowest BCUT2D eigenvalue weighted by Gasteiger charge is -2.12. The van der Waals surface area contributed by atoms with Crippen LogP contribution in [0.15, 0.2) is 29.4 Å². The second-order valence-electron chi connectivity index (χ2n) is 6.34. The summed E-state index contributed by atoms with van der Waals surface area (Å²) in [4.78, 5) is 4.33. The van der Waals surface area contributed by atoms with E-state index in [1.165, 1.54) is 11.6 Å². The first-order valence-corrected chi connectivity index (χ1v) is 8.09. The zero-order valence-electron chi connectivity index (χ0n) is 14.1. The maximum atomic E-state index is 13.8. The average molecular weight is 380 g/mol. The molecule has 0 spiro atoms. The van der Waals surface area contributed by atoms with Crippen molar-refractivity contribution < 1.29 is 32.1 Å². The molecule has 1 N–H and O–H groups in total. The molecule has 2 aromatic rings. The SMILES string of the molecule is Cc1cc(C(F)(F)F)cc(O)c1-c1ccc2c(n1)=N/[N+](=C1\COC[C@@H]1F)C=2. The fourth-order valence-electron chi connectivity index (χ4n) is 3.12. The molecule has 0 aliphatic carbocycles. The van der Waals surface area contributed by atoms with Crippen LogP contribution in [-0.4, -0.2) is 39.9 Å². The molecule has 1 fully saturated rings. The number of aromatic nitrogens is 1. The minimum Gasteiger partial charge on any atom is -0.507 e. The highest BCUT2D eigenvalue weighted by atomic mass is 19.4. The zero-order chi connectivity index (χ0) is 19.3. The van der Waals surface area contributed by atoms with Crippen LogP contribution in [0.5, 0.6) is 5.75 Å². The molecule has 1 aromatic heterocycles. The van der Waals surface area contributed by atoms with E-state index in [1.807, 2.05) is 0 Å². The molecule has 0 radical (unpaired) electrons. The number of nitrogens with zero attached hydrogens (tertiary/aromatic N) is 3. The number of alkyl halides is 4. The molecule has 0 unspecified atom stereocenters. The molecule has 5 nitrogen and oxygen atoms in total. The van der Waals surface area contributed by atoms with E-state index in [9.17, 15) is 22.7 Å². The van der Waals surface area contributed by atoms with Gasteiger partial charge in [0.25, 0.3) is 5.71 Å². The van der Waals surface area contributed by atoms with Crippen molar-refractivity contribution in [1.82, 2.24) is 4.98 Å². The number of fused-ring (bicyclic) bond motifs is 1. The van der Waals surface area contributed by atoms with E-state index in [4.69, 9.17) is 4.74 Å². The molecule has 0 saturated carbocycles. The highest BCUT2D eigenvalue weighted by molar-refractivity contribution is 5.87. The second kappa shape index (κ2) is 6.12. The van der Waals surface area contributed by atoms with Crippen LogP contribution in [0.25, 0.3) is 17.5 Å². The third-order valence-electron chi connectivity index (χ3n) is 4.44. The van der Waals surface area contributed by atoms with Crippen LogP contribution in [0.2, 0.25) is 0 Å². The Labute approximate surface area is 150 Å². The average Bonchev–Trinajstić information content (AvgIpc) is 3.18. The number of hydrogen-bond acceptors (Lipinski definition) is 4. The van der Waals surface area contributed by atoms with Gasteiger partial charge in [-0.3, -0.25) is 0 Å². The lowest BCUT2D eigenvalue weighted by atomic mass is 10.0. The van der Waals surface area contributed by atoms with Gasteiger partial charge in [0.1, 0.15) is 12.4 Å². The third kappa shape index (κ3) is 3.08. The van der Waals surface area contributed by atoms with Crippen LogP contribution in [0.4, 0.5) is 17.6 Å². The number of halogens is 4. The Hall–Kier alpha value is -2.81. The molecular formula is C18H14F4N3O2+. The number of phenols is 1. The van der Waals surface area contributed by atoms with E-state index < -0.39 is 23.7 Å². The molecule has 1 saturated heterocycles. The summed E-state index contributed by atoms with van der Waals surface area (Å²) in [5.74, 6) is -0.518. The Bertz CT molecular complexity index is 1070. The fourth-order valence-corrected chi connectivity index (χ4v) is 3.12. The molecule has 1 atom stereocenters. The van der Waals surface area contributed by atoms with E-state index in [0.717, 1.165) is 6.07 Å². The number of benzene rings is 1. The summed E-state index contributed by atoms with van der Waals surface area (Å²) in [6.07, 6.45) is -4.19. The lowest BCUT2D eigenvalue weighted by Crippen LogP contribution is -2.25.